The van der Waals surface area contributed by atoms with Gasteiger partial charge in [-0.2, -0.15) is 0 Å². The zero-order chi connectivity index (χ0) is 12.5. The van der Waals surface area contributed by atoms with Gasteiger partial charge in [0.15, 0.2) is 12.6 Å². The third-order valence-corrected chi connectivity index (χ3v) is 5.63. The molecule has 4 aliphatic rings. The van der Waals surface area contributed by atoms with Crippen LogP contribution in [0.2, 0.25) is 0 Å². The van der Waals surface area contributed by atoms with Gasteiger partial charge in [-0.25, -0.2) is 0 Å². The van der Waals surface area contributed by atoms with Crippen molar-refractivity contribution in [3.8, 4) is 0 Å². The van der Waals surface area contributed by atoms with Crippen molar-refractivity contribution in [2.45, 2.75) is 62.4 Å². The molecule has 4 fully saturated rings. The molecule has 8 atom stereocenters. The minimum atomic E-state index is -0.639. The highest BCUT2D eigenvalue weighted by Gasteiger charge is 2.61. The molecule has 0 aromatic rings. The molecule has 5 nitrogen and oxygen atoms in total. The lowest BCUT2D eigenvalue weighted by Crippen LogP contribution is -2.52. The predicted molar refractivity (Wildman–Crippen MR) is 62.2 cm³/mol. The molecule has 7 unspecified atom stereocenters. The molecule has 0 amide bonds. The molecule has 0 aromatic heterocycles. The summed E-state index contributed by atoms with van der Waals surface area (Å²) in [6, 6.07) is 0. The van der Waals surface area contributed by atoms with Gasteiger partial charge in [0, 0.05) is 0 Å². The van der Waals surface area contributed by atoms with Crippen LogP contribution in [0.5, 0.6) is 0 Å². The number of epoxide rings is 2. The van der Waals surface area contributed by atoms with Crippen LogP contribution in [0, 0.1) is 17.8 Å². The second-order valence-corrected chi connectivity index (χ2v) is 6.53. The van der Waals surface area contributed by atoms with E-state index >= 15 is 0 Å². The van der Waals surface area contributed by atoms with Crippen molar-refractivity contribution in [3.63, 3.8) is 0 Å². The topological polar surface area (TPSA) is 91.5 Å². The summed E-state index contributed by atoms with van der Waals surface area (Å²) in [5.74, 6) is 1.57. The van der Waals surface area contributed by atoms with Crippen molar-refractivity contribution < 1.29 is 19.7 Å². The summed E-state index contributed by atoms with van der Waals surface area (Å²) < 4.78 is 10.4. The quantitative estimate of drug-likeness (QED) is 0.601. The molecule has 4 rings (SSSR count). The van der Waals surface area contributed by atoms with E-state index in [1.165, 1.54) is 0 Å². The van der Waals surface area contributed by atoms with E-state index in [0.717, 1.165) is 32.1 Å². The van der Waals surface area contributed by atoms with Crippen molar-refractivity contribution in [3.05, 3.63) is 0 Å². The SMILES string of the molecule is N[C@]1(C2OC2O)CCC2CC(C3OC3O)CCC21. The number of hydrogen-bond donors (Lipinski definition) is 3. The lowest BCUT2D eigenvalue weighted by Gasteiger charge is -2.38. The van der Waals surface area contributed by atoms with Gasteiger partial charge < -0.3 is 25.4 Å². The summed E-state index contributed by atoms with van der Waals surface area (Å²) in [5, 5.41) is 18.8. The molecule has 4 N–H and O–H groups in total. The second-order valence-electron chi connectivity index (χ2n) is 6.53. The highest BCUT2D eigenvalue weighted by Crippen LogP contribution is 2.55. The molecular weight excluding hydrogens is 234 g/mol. The second kappa shape index (κ2) is 3.67. The minimum Gasteiger partial charge on any atom is -0.366 e. The number of aliphatic hydroxyl groups is 2. The number of fused-ring (bicyclic) bond motifs is 1. The highest BCUT2D eigenvalue weighted by atomic mass is 16.7. The fraction of sp³-hybridized carbons (Fsp3) is 1.00. The number of aliphatic hydroxyl groups excluding tert-OH is 2. The molecule has 0 aromatic carbocycles. The van der Waals surface area contributed by atoms with Crippen LogP contribution in [0.3, 0.4) is 0 Å². The van der Waals surface area contributed by atoms with Gasteiger partial charge in [-0.15, -0.1) is 0 Å². The first-order valence-electron chi connectivity index (χ1n) is 7.05. The Morgan fingerprint density at radius 1 is 1.00 bits per heavy atom. The van der Waals surface area contributed by atoms with Crippen LogP contribution in [0.25, 0.3) is 0 Å². The maximum atomic E-state index is 9.47. The van der Waals surface area contributed by atoms with Crippen molar-refractivity contribution >= 4 is 0 Å². The Morgan fingerprint density at radius 3 is 2.33 bits per heavy atom. The maximum Gasteiger partial charge on any atom is 0.183 e. The van der Waals surface area contributed by atoms with Gasteiger partial charge in [0.2, 0.25) is 0 Å². The van der Waals surface area contributed by atoms with E-state index in [4.69, 9.17) is 15.2 Å². The Bertz CT molecular complexity index is 365. The Balaban J connectivity index is 1.46. The van der Waals surface area contributed by atoms with Crippen LogP contribution in [0.1, 0.15) is 32.1 Å². The third kappa shape index (κ3) is 1.58. The van der Waals surface area contributed by atoms with Gasteiger partial charge in [-0.3, -0.25) is 0 Å². The van der Waals surface area contributed by atoms with E-state index in [1.54, 1.807) is 0 Å². The van der Waals surface area contributed by atoms with E-state index in [0.29, 0.717) is 17.8 Å². The minimum absolute atomic E-state index is 0.0708. The number of nitrogens with two attached hydrogens (primary N) is 1. The van der Waals surface area contributed by atoms with E-state index < -0.39 is 12.6 Å². The summed E-state index contributed by atoms with van der Waals surface area (Å²) in [6.07, 6.45) is 4.08. The third-order valence-electron chi connectivity index (χ3n) is 5.63. The van der Waals surface area contributed by atoms with Crippen molar-refractivity contribution in [2.75, 3.05) is 0 Å². The Labute approximate surface area is 106 Å². The summed E-state index contributed by atoms with van der Waals surface area (Å²) in [6.45, 7) is 0. The molecule has 18 heavy (non-hydrogen) atoms. The average Bonchev–Trinajstić information content (AvgIpc) is 3.23. The van der Waals surface area contributed by atoms with Gasteiger partial charge in [-0.1, -0.05) is 0 Å². The molecule has 5 heteroatoms. The first-order chi connectivity index (χ1) is 8.59. The van der Waals surface area contributed by atoms with Crippen LogP contribution < -0.4 is 5.73 Å². The maximum absolute atomic E-state index is 9.47. The van der Waals surface area contributed by atoms with Gasteiger partial charge in [0.05, 0.1) is 5.54 Å². The van der Waals surface area contributed by atoms with Crippen LogP contribution >= 0.6 is 0 Å². The Morgan fingerprint density at radius 2 is 1.72 bits per heavy atom. The number of rotatable bonds is 2. The smallest absolute Gasteiger partial charge is 0.183 e. The molecule has 2 saturated carbocycles. The molecule has 2 saturated heterocycles. The Hall–Kier alpha value is -0.200. The molecule has 2 aliphatic carbocycles. The molecule has 0 spiro atoms. The van der Waals surface area contributed by atoms with Gasteiger partial charge in [0.25, 0.3) is 0 Å². The van der Waals surface area contributed by atoms with Crippen LogP contribution in [0.15, 0.2) is 0 Å². The standard InChI is InChI=1S/C13H21NO4/c14-13(10-12(16)18-10)4-3-6-5-7(1-2-8(6)13)9-11(15)17-9/h6-12,15-16H,1-5,14H2/t6?,7?,8?,9?,10?,11?,12?,13-/m1/s1. The van der Waals surface area contributed by atoms with Crippen LogP contribution in [-0.2, 0) is 9.47 Å². The average molecular weight is 255 g/mol. The summed E-state index contributed by atoms with van der Waals surface area (Å²) in [5.41, 5.74) is 6.19. The lowest BCUT2D eigenvalue weighted by atomic mass is 9.69. The molecule has 2 aliphatic heterocycles. The van der Waals surface area contributed by atoms with Gasteiger partial charge in [-0.05, 0) is 49.9 Å². The van der Waals surface area contributed by atoms with Gasteiger partial charge >= 0.3 is 0 Å². The molecule has 0 radical (unpaired) electrons. The fourth-order valence-electron chi connectivity index (χ4n) is 4.56. The normalized spacial score (nSPS) is 62.5. The van der Waals surface area contributed by atoms with E-state index in [2.05, 4.69) is 0 Å². The highest BCUT2D eigenvalue weighted by molar-refractivity contribution is 5.12. The zero-order valence-corrected chi connectivity index (χ0v) is 10.4. The first kappa shape index (κ1) is 11.6. The molecule has 102 valence electrons. The fourth-order valence-corrected chi connectivity index (χ4v) is 4.56. The zero-order valence-electron chi connectivity index (χ0n) is 10.4. The number of ether oxygens (including phenoxy) is 2. The van der Waals surface area contributed by atoms with E-state index in [1.807, 2.05) is 0 Å². The first-order valence-corrected chi connectivity index (χ1v) is 7.05. The monoisotopic (exact) mass is 255 g/mol. The lowest BCUT2D eigenvalue weighted by molar-refractivity contribution is 0.120. The number of hydrogen-bond acceptors (Lipinski definition) is 5. The molecule has 2 heterocycles. The van der Waals surface area contributed by atoms with Crippen molar-refractivity contribution in [2.24, 2.45) is 23.5 Å². The van der Waals surface area contributed by atoms with Gasteiger partial charge in [0.1, 0.15) is 12.2 Å². The van der Waals surface area contributed by atoms with Crippen molar-refractivity contribution in [1.82, 2.24) is 0 Å². The molecule has 0 bridgehead atoms. The Kier molecular flexibility index (Phi) is 2.37. The van der Waals surface area contributed by atoms with Crippen LogP contribution in [-0.4, -0.2) is 40.5 Å². The summed E-state index contributed by atoms with van der Waals surface area (Å²) >= 11 is 0. The molecular formula is C13H21NO4. The van der Waals surface area contributed by atoms with Crippen molar-refractivity contribution in [1.29, 1.82) is 0 Å². The van der Waals surface area contributed by atoms with E-state index in [9.17, 15) is 10.2 Å². The summed E-state index contributed by atoms with van der Waals surface area (Å²) in [7, 11) is 0. The predicted octanol–water partition coefficient (Wildman–Crippen LogP) is -0.0554. The largest absolute Gasteiger partial charge is 0.366 e. The summed E-state index contributed by atoms with van der Waals surface area (Å²) in [4.78, 5) is 0. The van der Waals surface area contributed by atoms with Crippen LogP contribution in [0.4, 0.5) is 0 Å². The van der Waals surface area contributed by atoms with E-state index in [-0.39, 0.29) is 17.7 Å².